The summed E-state index contributed by atoms with van der Waals surface area (Å²) in [6.45, 7) is 4.32. The molecule has 0 rings (SSSR count). The summed E-state index contributed by atoms with van der Waals surface area (Å²) in [4.78, 5) is 132. The fourth-order valence-corrected chi connectivity index (χ4v) is 8.74. The van der Waals surface area contributed by atoms with E-state index in [0.717, 1.165) is 51.4 Å². The van der Waals surface area contributed by atoms with E-state index in [0.29, 0.717) is 53.4 Å². The molecule has 0 unspecified atom stereocenters. The van der Waals surface area contributed by atoms with Gasteiger partial charge in [-0.2, -0.15) is 4.74 Å². The fraction of sp³-hybridized carbons (Fsp3) is 0.804. The van der Waals surface area contributed by atoms with Crippen molar-refractivity contribution >= 4 is 73.4 Å². The molecule has 0 spiro atoms. The summed E-state index contributed by atoms with van der Waals surface area (Å²) in [7, 11) is 0.659. The Labute approximate surface area is 479 Å². The number of hydrogen-bond acceptors (Lipinski definition) is 15. The van der Waals surface area contributed by atoms with Crippen molar-refractivity contribution in [2.24, 2.45) is 16.6 Å². The van der Waals surface area contributed by atoms with Crippen LogP contribution >= 0.6 is 8.37 Å². The largest absolute Gasteiger partial charge is 0.481 e. The van der Waals surface area contributed by atoms with E-state index in [4.69, 9.17) is 24.1 Å². The summed E-state index contributed by atoms with van der Waals surface area (Å²) in [5.41, 5.74) is 0. The number of carboxylic acids is 4. The molecule has 4 atom stereocenters. The normalized spacial score (nSPS) is 12.7. The summed E-state index contributed by atoms with van der Waals surface area (Å²) in [5, 5.41) is 47.6. The van der Waals surface area contributed by atoms with Crippen molar-refractivity contribution in [1.29, 1.82) is 0 Å². The van der Waals surface area contributed by atoms with Crippen molar-refractivity contribution in [3.05, 3.63) is 0 Å². The Morgan fingerprint density at radius 1 is 0.420 bits per heavy atom. The number of unbranched alkanes of at least 4 members (excludes halogenated alkanes) is 14. The molecule has 0 aliphatic rings. The van der Waals surface area contributed by atoms with Crippen molar-refractivity contribution in [3.63, 3.8) is 0 Å². The Balaban J connectivity index is 3.99. The zero-order valence-corrected chi connectivity index (χ0v) is 49.1. The number of hydrogen-bond donors (Lipinski definition) is 8. The fourth-order valence-electron chi connectivity index (χ4n) is 8.38. The number of ether oxygens (including phenoxy) is 4. The van der Waals surface area contributed by atoms with Crippen LogP contribution < -0.4 is 21.3 Å². The van der Waals surface area contributed by atoms with Crippen LogP contribution in [-0.2, 0) is 71.7 Å². The molecule has 0 aromatic rings. The average molecular weight is 1170 g/mol. The summed E-state index contributed by atoms with van der Waals surface area (Å²) in [5.74, 6) is -8.66. The molecule has 0 aromatic carbocycles. The number of rotatable bonds is 57. The van der Waals surface area contributed by atoms with Crippen molar-refractivity contribution < 1.29 is 92.1 Å². The van der Waals surface area contributed by atoms with E-state index in [2.05, 4.69) is 26.0 Å². The lowest BCUT2D eigenvalue weighted by Gasteiger charge is -2.16. The van der Waals surface area contributed by atoms with E-state index < -0.39 is 78.4 Å². The Kier molecular flexibility index (Phi) is 48.2. The van der Waals surface area contributed by atoms with E-state index in [-0.39, 0.29) is 134 Å². The third kappa shape index (κ3) is 47.0. The van der Waals surface area contributed by atoms with E-state index >= 15 is 0 Å². The van der Waals surface area contributed by atoms with Crippen LogP contribution in [0.4, 0.5) is 0 Å². The Hall–Kier alpha value is -5.29. The highest BCUT2D eigenvalue weighted by molar-refractivity contribution is 7.26. The highest BCUT2D eigenvalue weighted by Gasteiger charge is 2.26. The first-order valence-electron chi connectivity index (χ1n) is 29.1. The molecule has 0 aliphatic heterocycles. The van der Waals surface area contributed by atoms with Gasteiger partial charge in [-0.15, -0.1) is 0 Å². The van der Waals surface area contributed by atoms with E-state index in [9.17, 15) is 68.1 Å². The minimum atomic E-state index is -1.39. The van der Waals surface area contributed by atoms with E-state index in [1.165, 1.54) is 32.1 Å². The SMILES string of the molecule is CC[C@@H](CCCCNC(=O)CC[C@H](NC(=O)CC[C@H](CC(=O)COCCOCCNC(=O)COCCOCCCC(=O)CC[C@H](NC(=O)CCCCCCCCCCCCCCCCC(=O)O)C(=O)O)C(=O)O)C(=O)O)C(=O)N=PC. The second kappa shape index (κ2) is 51.6. The highest BCUT2D eigenvalue weighted by Crippen LogP contribution is 2.18. The van der Waals surface area contributed by atoms with Gasteiger partial charge in [0.2, 0.25) is 23.6 Å². The van der Waals surface area contributed by atoms with Gasteiger partial charge in [0.1, 0.15) is 31.1 Å². The third-order valence-corrected chi connectivity index (χ3v) is 13.5. The van der Waals surface area contributed by atoms with E-state index in [1.807, 2.05) is 6.92 Å². The average Bonchev–Trinajstić information content (AvgIpc) is 3.41. The van der Waals surface area contributed by atoms with Gasteiger partial charge >= 0.3 is 23.9 Å². The predicted octanol–water partition coefficient (Wildman–Crippen LogP) is 6.58. The zero-order chi connectivity index (χ0) is 60.3. The first-order valence-corrected chi connectivity index (χ1v) is 30.4. The van der Waals surface area contributed by atoms with Gasteiger partial charge in [-0.25, -0.2) is 9.59 Å². The van der Waals surface area contributed by atoms with Crippen LogP contribution in [0.2, 0.25) is 0 Å². The van der Waals surface area contributed by atoms with Gasteiger partial charge in [-0.1, -0.05) is 90.4 Å². The van der Waals surface area contributed by atoms with Crippen molar-refractivity contribution in [2.75, 3.05) is 72.6 Å². The molecule has 0 radical (unpaired) electrons. The monoisotopic (exact) mass is 1170 g/mol. The number of carboxylic acid groups (broad SMARTS) is 4. The summed E-state index contributed by atoms with van der Waals surface area (Å²) in [6, 6.07) is -2.52. The minimum Gasteiger partial charge on any atom is -0.481 e. The van der Waals surface area contributed by atoms with Crippen LogP contribution in [0.1, 0.15) is 193 Å². The van der Waals surface area contributed by atoms with Gasteiger partial charge < -0.3 is 60.6 Å². The van der Waals surface area contributed by atoms with Gasteiger partial charge in [-0.3, -0.25) is 43.2 Å². The van der Waals surface area contributed by atoms with Gasteiger partial charge in [-0.05, 0) is 64.5 Å². The van der Waals surface area contributed by atoms with Crippen molar-refractivity contribution in [1.82, 2.24) is 21.3 Å². The molecule has 0 saturated carbocycles. The number of amides is 5. The second-order valence-electron chi connectivity index (χ2n) is 20.1. The van der Waals surface area contributed by atoms with Crippen molar-refractivity contribution in [2.45, 2.75) is 205 Å². The summed E-state index contributed by atoms with van der Waals surface area (Å²) >= 11 is 0. The molecule has 8 N–H and O–H groups in total. The predicted molar refractivity (Wildman–Crippen MR) is 301 cm³/mol. The molecule has 0 aromatic heterocycles. The van der Waals surface area contributed by atoms with Crippen LogP contribution in [0.25, 0.3) is 0 Å². The topological polar surface area (TPSA) is 366 Å². The number of Topliss-reactive ketones (excluding diaryl/α,β-unsaturated/α-hetero) is 2. The minimum absolute atomic E-state index is 0.000263. The lowest BCUT2D eigenvalue weighted by atomic mass is 9.97. The highest BCUT2D eigenvalue weighted by atomic mass is 31.1. The van der Waals surface area contributed by atoms with Gasteiger partial charge in [0.05, 0.1) is 39.0 Å². The molecular formula is C56H96N5O19P. The van der Waals surface area contributed by atoms with Gasteiger partial charge in [0.15, 0.2) is 5.78 Å². The first-order chi connectivity index (χ1) is 38.9. The molecule has 25 heteroatoms. The number of carbonyl (C=O) groups excluding carboxylic acids is 7. The molecule has 0 bridgehead atoms. The summed E-state index contributed by atoms with van der Waals surface area (Å²) < 4.78 is 25.3. The molecule has 0 aliphatic carbocycles. The molecule has 24 nitrogen and oxygen atoms in total. The molecule has 464 valence electrons. The van der Waals surface area contributed by atoms with Crippen LogP contribution in [-0.4, -0.2) is 170 Å². The third-order valence-electron chi connectivity index (χ3n) is 13.1. The van der Waals surface area contributed by atoms with E-state index in [1.54, 1.807) is 6.66 Å². The zero-order valence-electron chi connectivity index (χ0n) is 48.2. The lowest BCUT2D eigenvalue weighted by Crippen LogP contribution is -2.42. The lowest BCUT2D eigenvalue weighted by molar-refractivity contribution is -0.145. The molecular weight excluding hydrogens is 1080 g/mol. The van der Waals surface area contributed by atoms with Crippen molar-refractivity contribution in [3.8, 4) is 0 Å². The number of nitrogens with zero attached hydrogens (tertiary/aromatic N) is 1. The second-order valence-corrected chi connectivity index (χ2v) is 20.7. The molecule has 81 heavy (non-hydrogen) atoms. The molecule has 0 heterocycles. The standard InChI is InChI=1S/C56H96N5O19P/c1-3-42(53(70)61-81-2)21-18-19-31-57-48(64)30-28-47(56(75)76)60-50(66)29-25-43(54(71)72)39-45(63)40-79-37-36-78-34-32-58-51(67)41-80-38-35-77-33-20-22-44(62)26-27-46(55(73)74)59-49(65)23-16-14-12-10-8-6-4-5-7-9-11-13-15-17-24-52(68)69/h42-43,46-47H,3-41H2,1-2H3,(H,57,64)(H,58,67)(H,59,65)(H,60,66)(H,68,69)(H,71,72)(H,73,74)(H,75,76)/t42-,43+,46-,47-/m0/s1. The number of aliphatic carboxylic acids is 4. The number of ketones is 2. The van der Waals surface area contributed by atoms with Crippen LogP contribution in [0.3, 0.4) is 0 Å². The Morgan fingerprint density at radius 2 is 0.914 bits per heavy atom. The number of nitrogens with one attached hydrogen (secondary N) is 4. The maximum Gasteiger partial charge on any atom is 0.326 e. The molecule has 5 amide bonds. The van der Waals surface area contributed by atoms with Crippen LogP contribution in [0.5, 0.6) is 0 Å². The molecule has 0 fully saturated rings. The smallest absolute Gasteiger partial charge is 0.326 e. The van der Waals surface area contributed by atoms with Crippen LogP contribution in [0.15, 0.2) is 4.74 Å². The maximum atomic E-state index is 12.5. The maximum absolute atomic E-state index is 12.5. The Bertz CT molecular complexity index is 1870. The van der Waals surface area contributed by atoms with Crippen LogP contribution in [0, 0.1) is 11.8 Å². The molecule has 0 saturated heterocycles. The Morgan fingerprint density at radius 3 is 1.46 bits per heavy atom. The van der Waals surface area contributed by atoms with Gasteiger partial charge in [0.25, 0.3) is 5.91 Å². The number of carbonyl (C=O) groups is 11. The quantitative estimate of drug-likeness (QED) is 0.0235. The first kappa shape index (κ1) is 75.7. The summed E-state index contributed by atoms with van der Waals surface area (Å²) in [6.07, 6.45) is 17.2. The van der Waals surface area contributed by atoms with Gasteiger partial charge in [0, 0.05) is 78.9 Å².